The lowest BCUT2D eigenvalue weighted by Crippen LogP contribution is -2.44. The number of likely N-dealkylation sites (tertiary alicyclic amines) is 2. The van der Waals surface area contributed by atoms with Crippen LogP contribution < -0.4 is 15.8 Å². The fourth-order valence-electron chi connectivity index (χ4n) is 21.5. The number of nitrogens with one attached hydrogen (secondary N) is 1. The van der Waals surface area contributed by atoms with E-state index < -0.39 is 32.9 Å². The molecule has 0 radical (unpaired) electrons. The first kappa shape index (κ1) is 115. The molecule has 3 saturated heterocycles. The standard InChI is InChI=1S/C26H26N4O4.C20H30BrNO2Si.C13H16BrNO2.C13H12BrNO2.C12H12BrNO.C11H11BrO2.C10H8BrN.C8H19BrOSi/c1-16(2)33-22-7-6-17(14-18(22)15-27)24-28-23(29-34-24)20-4-3-5-21-19(20)8-9-26(21)10-11-30(12-13-31)25(26)32;1-19(2,3)25(4,5)24-14-13-22-12-11-20(18(22)23)10-9-15-16(20)7-6-8-17(15)21;2*1-17-12(16)13(7-8-15)6-5-9-10(13)3-2-4-11(9)14;13-10-3-1-2-9-8(10)4-5-12(9)6-7-14-11(12)15;1-14-11(13)9-6-5-8-7(9)3-2-4-10(8)12;11-10-3-1-2-8-7(6-12)4-5-9(8)10;1-8(2,3)11(4,5)10-7-6-9/h3-7,14,16,31H,8-13H2,1-2H3;6-8H,9-14H2,1-5H3;2-4H,5-8,15H2,1H3;2-4H,5-7H2,1H3;1-3H,4-7H2,(H,14,15);2-4,9H,5-6H2,1H3;1-3,7H,4-5H2;6-7H2,1-5H3. The maximum Gasteiger partial charge on any atom is 0.317 e. The van der Waals surface area contributed by atoms with Crippen molar-refractivity contribution in [1.82, 2.24) is 25.3 Å². The molecule has 4 heterocycles. The van der Waals surface area contributed by atoms with E-state index in [1.54, 1.807) is 23.1 Å². The van der Waals surface area contributed by atoms with Crippen LogP contribution >= 0.6 is 112 Å². The SMILES string of the molecule is CC(C)(C)[Si](C)(C)OCCBr.CC(C)(C)[Si](C)(C)OCCN1CCC2(CCc3c(Br)cccc32)C1=O.CC(C)Oc1ccc(-c2nc(-c3cccc4c3CCC43CCN(CCO)C3=O)no2)cc1C#N.COC(=O)C1(CC#N)CCc2c(Br)cccc21.COC(=O)C1(CCN)CCc2c(Br)cccc21.COC(=O)C1CCc2c(Br)cccc21.N#CC1CCc2c(Br)cccc21.O=C1NCCC12CCc1c(Br)cccc12. The Morgan fingerprint density at radius 1 is 0.552 bits per heavy atom. The van der Waals surface area contributed by atoms with Gasteiger partial charge in [-0.2, -0.15) is 20.8 Å². The van der Waals surface area contributed by atoms with E-state index in [9.17, 15) is 39.1 Å². The van der Waals surface area contributed by atoms with Crippen molar-refractivity contribution >= 4 is 164 Å². The van der Waals surface area contributed by atoms with Crippen LogP contribution in [0.15, 0.2) is 177 Å². The summed E-state index contributed by atoms with van der Waals surface area (Å²) in [6.07, 6.45) is 15.8. The zero-order valence-electron chi connectivity index (χ0n) is 85.7. The maximum atomic E-state index is 13.2. The van der Waals surface area contributed by atoms with Crippen molar-refractivity contribution in [2.24, 2.45) is 5.73 Å². The highest BCUT2D eigenvalue weighted by atomic mass is 79.9. The van der Waals surface area contributed by atoms with Crippen molar-refractivity contribution in [3.63, 3.8) is 0 Å². The molecular formula is C113H134Br7N9O14Si2. The van der Waals surface area contributed by atoms with Gasteiger partial charge in [0, 0.05) is 82.6 Å². The molecule has 7 atom stereocenters. The second-order valence-electron chi connectivity index (χ2n) is 41.7. The second kappa shape index (κ2) is 49.6. The number of nitrogens with zero attached hydrogens (tertiary/aromatic N) is 7. The average molecular weight is 2460 g/mol. The lowest BCUT2D eigenvalue weighted by atomic mass is 9.79. The molecule has 10 aliphatic rings. The molecule has 9 aromatic rings. The Hall–Kier alpha value is -8.38. The summed E-state index contributed by atoms with van der Waals surface area (Å²) >= 11 is 24.6. The minimum absolute atomic E-state index is 0.0293. The Kier molecular flexibility index (Phi) is 39.4. The van der Waals surface area contributed by atoms with Crippen LogP contribution in [0.5, 0.6) is 5.75 Å². The number of halogens is 7. The van der Waals surface area contributed by atoms with Gasteiger partial charge in [-0.3, -0.25) is 28.8 Å². The number of β-amino-alcohol motifs (C(OH)–C–C–N with tert-alkyl or cyclic N) is 1. The van der Waals surface area contributed by atoms with E-state index in [1.165, 1.54) is 65.8 Å². The lowest BCUT2D eigenvalue weighted by molar-refractivity contribution is -0.148. The van der Waals surface area contributed by atoms with Crippen LogP contribution in [0, 0.1) is 34.0 Å². The number of benzene rings is 8. The fraction of sp³-hybridized carbons (Fsp3) is 0.478. The maximum absolute atomic E-state index is 13.2. The number of rotatable bonds is 19. The number of aliphatic hydroxyl groups is 1. The molecule has 772 valence electrons. The van der Waals surface area contributed by atoms with Crippen LogP contribution in [0.1, 0.15) is 228 Å². The molecule has 32 heteroatoms. The third-order valence-electron chi connectivity index (χ3n) is 31.4. The smallest absolute Gasteiger partial charge is 0.317 e. The minimum Gasteiger partial charge on any atom is -0.490 e. The van der Waals surface area contributed by atoms with Gasteiger partial charge in [-0.15, -0.1) is 0 Å². The summed E-state index contributed by atoms with van der Waals surface area (Å²) < 4.78 is 44.6. The summed E-state index contributed by atoms with van der Waals surface area (Å²) in [5.74, 6) is 1.38. The molecule has 23 nitrogen and oxygen atoms in total. The summed E-state index contributed by atoms with van der Waals surface area (Å²) in [5.41, 5.74) is 21.7. The number of aromatic nitrogens is 2. The van der Waals surface area contributed by atoms with Gasteiger partial charge in [0.15, 0.2) is 16.6 Å². The number of ether oxygens (including phenoxy) is 4. The number of methoxy groups -OCH3 is 3. The first-order valence-corrected chi connectivity index (χ1v) is 61.5. The minimum atomic E-state index is -1.75. The third kappa shape index (κ3) is 24.6. The second-order valence-corrected chi connectivity index (χ2v) is 57.3. The summed E-state index contributed by atoms with van der Waals surface area (Å²) in [6, 6.07) is 54.1. The number of hydrogen-bond donors (Lipinski definition) is 3. The number of hydrogen-bond acceptors (Lipinski definition) is 20. The highest BCUT2D eigenvalue weighted by Crippen LogP contribution is 2.54. The van der Waals surface area contributed by atoms with Gasteiger partial charge in [-0.05, 0) is 305 Å². The molecule has 145 heavy (non-hydrogen) atoms. The Bertz CT molecular complexity index is 6360. The van der Waals surface area contributed by atoms with Crippen LogP contribution in [-0.2, 0) is 124 Å². The molecule has 7 aliphatic carbocycles. The highest BCUT2D eigenvalue weighted by molar-refractivity contribution is 9.11. The predicted molar refractivity (Wildman–Crippen MR) is 595 cm³/mol. The quantitative estimate of drug-likeness (QED) is 0.0293. The molecule has 7 unspecified atom stereocenters. The number of esters is 3. The van der Waals surface area contributed by atoms with Crippen molar-refractivity contribution < 1.29 is 66.2 Å². The van der Waals surface area contributed by atoms with Crippen LogP contribution in [0.25, 0.3) is 22.8 Å². The number of carbonyl (C=O) groups excluding carboxylic acids is 6. The zero-order chi connectivity index (χ0) is 106. The molecule has 1 aromatic heterocycles. The molecule has 8 aromatic carbocycles. The number of nitrogens with two attached hydrogens (primary N) is 1. The van der Waals surface area contributed by atoms with E-state index >= 15 is 0 Å². The number of alkyl halides is 1. The van der Waals surface area contributed by atoms with E-state index in [1.807, 2.05) is 110 Å². The molecule has 3 spiro atoms. The number of fused-ring (bicyclic) bond motifs is 10. The van der Waals surface area contributed by atoms with Gasteiger partial charge >= 0.3 is 17.9 Å². The highest BCUT2D eigenvalue weighted by Gasteiger charge is 2.55. The topological polar surface area (TPSA) is 333 Å². The first-order chi connectivity index (χ1) is 69.0. The van der Waals surface area contributed by atoms with Gasteiger partial charge in [-0.25, -0.2) is 0 Å². The van der Waals surface area contributed by atoms with Crippen molar-refractivity contribution in [3.8, 4) is 46.8 Å². The van der Waals surface area contributed by atoms with Gasteiger partial charge < -0.3 is 58.3 Å². The fourth-order valence-corrected chi connectivity index (χ4v) is 27.5. The molecule has 0 saturated carbocycles. The van der Waals surface area contributed by atoms with Crippen molar-refractivity contribution in [2.45, 2.75) is 259 Å². The average Bonchev–Trinajstić information content (AvgIpc) is 1.57. The Labute approximate surface area is 915 Å². The lowest BCUT2D eigenvalue weighted by Gasteiger charge is -2.36. The van der Waals surface area contributed by atoms with E-state index in [-0.39, 0.29) is 76.6 Å². The van der Waals surface area contributed by atoms with Crippen molar-refractivity contribution in [3.05, 3.63) is 256 Å². The largest absolute Gasteiger partial charge is 0.490 e. The molecule has 3 amide bonds. The Balaban J connectivity index is 0.000000152. The summed E-state index contributed by atoms with van der Waals surface area (Å²) in [6.45, 7) is 31.8. The van der Waals surface area contributed by atoms with Gasteiger partial charge in [0.05, 0.1) is 98.3 Å². The van der Waals surface area contributed by atoms with Crippen LogP contribution in [0.3, 0.4) is 0 Å². The summed E-state index contributed by atoms with van der Waals surface area (Å²) in [4.78, 5) is 82.3. The van der Waals surface area contributed by atoms with Crippen LogP contribution in [0.2, 0.25) is 36.3 Å². The van der Waals surface area contributed by atoms with Crippen LogP contribution in [0.4, 0.5) is 0 Å². The van der Waals surface area contributed by atoms with Gasteiger partial charge in [0.1, 0.15) is 17.2 Å². The Morgan fingerprint density at radius 2 is 1.01 bits per heavy atom. The summed E-state index contributed by atoms with van der Waals surface area (Å²) in [7, 11) is 1.05. The molecule has 19 rings (SSSR count). The van der Waals surface area contributed by atoms with E-state index in [0.717, 1.165) is 200 Å². The van der Waals surface area contributed by atoms with E-state index in [0.29, 0.717) is 78.6 Å². The number of nitriles is 3. The first-order valence-electron chi connectivity index (χ1n) is 49.8. The van der Waals surface area contributed by atoms with E-state index in [2.05, 4.69) is 249 Å². The van der Waals surface area contributed by atoms with Gasteiger partial charge in [0.25, 0.3) is 5.89 Å². The van der Waals surface area contributed by atoms with E-state index in [4.69, 9.17) is 48.6 Å². The monoisotopic (exact) mass is 2450 g/mol. The number of carbonyl (C=O) groups is 6. The zero-order valence-corrected chi connectivity index (χ0v) is 98.8. The summed E-state index contributed by atoms with van der Waals surface area (Å²) in [5, 5.41) is 45.3. The van der Waals surface area contributed by atoms with Gasteiger partial charge in [0.2, 0.25) is 23.5 Å². The normalized spacial score (nSPS) is 21.2. The van der Waals surface area contributed by atoms with Crippen LogP contribution in [-0.4, -0.2) is 169 Å². The molecule has 3 fully saturated rings. The van der Waals surface area contributed by atoms with Gasteiger partial charge in [-0.1, -0.05) is 249 Å². The molecule has 4 N–H and O–H groups in total. The molecule has 0 bridgehead atoms. The number of aliphatic hydroxyl groups excluding tert-OH is 1. The van der Waals surface area contributed by atoms with Crippen molar-refractivity contribution in [1.29, 1.82) is 15.8 Å². The Morgan fingerprint density at radius 3 is 1.50 bits per heavy atom. The number of amides is 3. The molecule has 3 aliphatic heterocycles. The predicted octanol–water partition coefficient (Wildman–Crippen LogP) is 24.4. The third-order valence-corrected chi connectivity index (χ3v) is 45.3. The van der Waals surface area contributed by atoms with Crippen molar-refractivity contribution in [2.75, 3.05) is 85.7 Å². The molecular weight excluding hydrogens is 2320 g/mol.